The number of nitrogens with one attached hydrogen (secondary N) is 2. The quantitative estimate of drug-likeness (QED) is 0.758. The number of benzene rings is 1. The number of rotatable bonds is 8. The van der Waals surface area contributed by atoms with Crippen LogP contribution >= 0.6 is 24.8 Å². The van der Waals surface area contributed by atoms with Crippen LogP contribution in [-0.4, -0.2) is 43.5 Å². The van der Waals surface area contributed by atoms with Crippen molar-refractivity contribution in [2.45, 2.75) is 32.9 Å². The van der Waals surface area contributed by atoms with E-state index in [0.717, 1.165) is 18.7 Å². The largest absolute Gasteiger partial charge is 0.353 e. The first kappa shape index (κ1) is 23.5. The summed E-state index contributed by atoms with van der Waals surface area (Å²) in [5.74, 6) is 0.0713. The summed E-state index contributed by atoms with van der Waals surface area (Å²) >= 11 is 0. The van der Waals surface area contributed by atoms with Crippen molar-refractivity contribution in [1.29, 1.82) is 0 Å². The Hall–Kier alpha value is -0.810. The van der Waals surface area contributed by atoms with Crippen molar-refractivity contribution in [2.75, 3.05) is 26.7 Å². The molecule has 2 atom stereocenters. The molecule has 1 aromatic carbocycles. The van der Waals surface area contributed by atoms with Gasteiger partial charge in [0.1, 0.15) is 6.04 Å². The average molecular weight is 350 g/mol. The van der Waals surface area contributed by atoms with Gasteiger partial charge in [0, 0.05) is 12.6 Å². The molecule has 128 valence electrons. The molecular formula is C16H29Cl2N3O. The maximum atomic E-state index is 12.5. The first-order chi connectivity index (χ1) is 9.63. The third-order valence-electron chi connectivity index (χ3n) is 3.62. The molecule has 2 unspecified atom stereocenters. The molecule has 1 amide bonds. The molecule has 0 saturated heterocycles. The molecule has 1 rings (SSSR count). The van der Waals surface area contributed by atoms with Gasteiger partial charge in [-0.1, -0.05) is 44.2 Å². The summed E-state index contributed by atoms with van der Waals surface area (Å²) < 4.78 is 0. The fourth-order valence-corrected chi connectivity index (χ4v) is 2.20. The predicted octanol–water partition coefficient (Wildman–Crippen LogP) is 2.64. The summed E-state index contributed by atoms with van der Waals surface area (Å²) in [4.78, 5) is 14.7. The van der Waals surface area contributed by atoms with Crippen molar-refractivity contribution < 1.29 is 4.79 Å². The molecule has 22 heavy (non-hydrogen) atoms. The van der Waals surface area contributed by atoms with Crippen LogP contribution in [0.3, 0.4) is 0 Å². The molecule has 0 aromatic heterocycles. The van der Waals surface area contributed by atoms with E-state index in [-0.39, 0.29) is 42.8 Å². The van der Waals surface area contributed by atoms with E-state index >= 15 is 0 Å². The van der Waals surface area contributed by atoms with Gasteiger partial charge in [0.05, 0.1) is 0 Å². The zero-order chi connectivity index (χ0) is 15.0. The molecule has 0 heterocycles. The lowest BCUT2D eigenvalue weighted by atomic mass is 10.0. The SMILES string of the molecule is CCN(CC)C(C(=O)NCC(C)NC)c1ccccc1.Cl.Cl. The fourth-order valence-electron chi connectivity index (χ4n) is 2.20. The Balaban J connectivity index is 0. The van der Waals surface area contributed by atoms with Crippen LogP contribution in [0.4, 0.5) is 0 Å². The molecule has 1 aromatic rings. The fraction of sp³-hybridized carbons (Fsp3) is 0.562. The third-order valence-corrected chi connectivity index (χ3v) is 3.62. The van der Waals surface area contributed by atoms with Crippen molar-refractivity contribution in [2.24, 2.45) is 0 Å². The van der Waals surface area contributed by atoms with Crippen molar-refractivity contribution in [3.8, 4) is 0 Å². The number of halogens is 2. The highest BCUT2D eigenvalue weighted by Crippen LogP contribution is 2.20. The van der Waals surface area contributed by atoms with E-state index in [9.17, 15) is 4.79 Å². The minimum atomic E-state index is -0.213. The molecule has 2 N–H and O–H groups in total. The lowest BCUT2D eigenvalue weighted by Crippen LogP contribution is -2.44. The zero-order valence-electron chi connectivity index (χ0n) is 13.8. The number of hydrogen-bond donors (Lipinski definition) is 2. The number of hydrogen-bond acceptors (Lipinski definition) is 3. The summed E-state index contributed by atoms with van der Waals surface area (Å²) in [6.45, 7) is 8.57. The van der Waals surface area contributed by atoms with Gasteiger partial charge < -0.3 is 10.6 Å². The van der Waals surface area contributed by atoms with Crippen LogP contribution in [0.2, 0.25) is 0 Å². The average Bonchev–Trinajstić information content (AvgIpc) is 2.50. The Labute approximate surface area is 146 Å². The van der Waals surface area contributed by atoms with E-state index in [1.54, 1.807) is 0 Å². The normalized spacial score (nSPS) is 12.8. The van der Waals surface area contributed by atoms with Crippen molar-refractivity contribution in [1.82, 2.24) is 15.5 Å². The van der Waals surface area contributed by atoms with Crippen molar-refractivity contribution in [3.05, 3.63) is 35.9 Å². The topological polar surface area (TPSA) is 44.4 Å². The van der Waals surface area contributed by atoms with Crippen molar-refractivity contribution >= 4 is 30.7 Å². The van der Waals surface area contributed by atoms with Crippen LogP contribution in [-0.2, 0) is 4.79 Å². The third kappa shape index (κ3) is 6.97. The van der Waals surface area contributed by atoms with Crippen LogP contribution in [0, 0.1) is 0 Å². The van der Waals surface area contributed by atoms with Gasteiger partial charge in [0.25, 0.3) is 0 Å². The highest BCUT2D eigenvalue weighted by Gasteiger charge is 2.25. The van der Waals surface area contributed by atoms with Gasteiger partial charge in [-0.05, 0) is 32.6 Å². The second-order valence-electron chi connectivity index (χ2n) is 4.97. The van der Waals surface area contributed by atoms with Gasteiger partial charge in [-0.3, -0.25) is 9.69 Å². The molecule has 0 saturated carbocycles. The molecule has 0 fully saturated rings. The van der Waals surface area contributed by atoms with Crippen LogP contribution < -0.4 is 10.6 Å². The first-order valence-electron chi connectivity index (χ1n) is 7.37. The number of carbonyl (C=O) groups is 1. The predicted molar refractivity (Wildman–Crippen MR) is 98.1 cm³/mol. The Morgan fingerprint density at radius 1 is 1.14 bits per heavy atom. The summed E-state index contributed by atoms with van der Waals surface area (Å²) in [5, 5.41) is 6.17. The molecule has 0 aliphatic heterocycles. The van der Waals surface area contributed by atoms with Gasteiger partial charge in [0.2, 0.25) is 5.91 Å². The van der Waals surface area contributed by atoms with Gasteiger partial charge in [-0.2, -0.15) is 0 Å². The summed E-state index contributed by atoms with van der Waals surface area (Å²) in [6, 6.07) is 10.0. The Morgan fingerprint density at radius 3 is 2.14 bits per heavy atom. The van der Waals surface area contributed by atoms with Gasteiger partial charge in [-0.25, -0.2) is 0 Å². The summed E-state index contributed by atoms with van der Waals surface area (Å²) in [6.07, 6.45) is 0. The van der Waals surface area contributed by atoms with Gasteiger partial charge >= 0.3 is 0 Å². The molecule has 4 nitrogen and oxygen atoms in total. The maximum absolute atomic E-state index is 12.5. The van der Waals surface area contributed by atoms with E-state index in [0.29, 0.717) is 6.54 Å². The van der Waals surface area contributed by atoms with Crippen LogP contribution in [0.5, 0.6) is 0 Å². The second kappa shape index (κ2) is 12.7. The smallest absolute Gasteiger partial charge is 0.242 e. The summed E-state index contributed by atoms with van der Waals surface area (Å²) in [7, 11) is 1.90. The van der Waals surface area contributed by atoms with Crippen LogP contribution in [0.15, 0.2) is 30.3 Å². The maximum Gasteiger partial charge on any atom is 0.242 e. The Bertz CT molecular complexity index is 400. The zero-order valence-corrected chi connectivity index (χ0v) is 15.5. The van der Waals surface area contributed by atoms with Crippen molar-refractivity contribution in [3.63, 3.8) is 0 Å². The van der Waals surface area contributed by atoms with E-state index in [1.807, 2.05) is 37.4 Å². The highest BCUT2D eigenvalue weighted by atomic mass is 35.5. The van der Waals surface area contributed by atoms with E-state index in [4.69, 9.17) is 0 Å². The molecule has 0 bridgehead atoms. The van der Waals surface area contributed by atoms with E-state index in [1.165, 1.54) is 0 Å². The molecule has 0 spiro atoms. The minimum absolute atomic E-state index is 0. The lowest BCUT2D eigenvalue weighted by molar-refractivity contribution is -0.126. The summed E-state index contributed by atoms with van der Waals surface area (Å²) in [5.41, 5.74) is 1.05. The van der Waals surface area contributed by atoms with Gasteiger partial charge in [0.15, 0.2) is 0 Å². The first-order valence-corrected chi connectivity index (χ1v) is 7.37. The second-order valence-corrected chi connectivity index (χ2v) is 4.97. The minimum Gasteiger partial charge on any atom is -0.353 e. The Kier molecular flexibility index (Phi) is 13.5. The van der Waals surface area contributed by atoms with Crippen LogP contribution in [0.1, 0.15) is 32.4 Å². The number of likely N-dealkylation sites (N-methyl/N-ethyl adjacent to an activating group) is 2. The number of carbonyl (C=O) groups excluding carboxylic acids is 1. The monoisotopic (exact) mass is 349 g/mol. The molecule has 0 radical (unpaired) electrons. The molecule has 6 heteroatoms. The number of amides is 1. The highest BCUT2D eigenvalue weighted by molar-refractivity contribution is 5.85. The Morgan fingerprint density at radius 2 is 1.68 bits per heavy atom. The number of nitrogens with zero attached hydrogens (tertiary/aromatic N) is 1. The lowest BCUT2D eigenvalue weighted by Gasteiger charge is -2.29. The van der Waals surface area contributed by atoms with E-state index in [2.05, 4.69) is 36.3 Å². The standard InChI is InChI=1S/C16H27N3O.2ClH/c1-5-19(6-2)15(14-10-8-7-9-11-14)16(20)18-12-13(3)17-4;;/h7-11,13,15,17H,5-6,12H2,1-4H3,(H,18,20);2*1H. The molecular weight excluding hydrogens is 321 g/mol. The van der Waals surface area contributed by atoms with Gasteiger partial charge in [-0.15, -0.1) is 24.8 Å². The molecule has 0 aliphatic carbocycles. The molecule has 0 aliphatic rings. The van der Waals surface area contributed by atoms with E-state index < -0.39 is 0 Å². The van der Waals surface area contributed by atoms with Crippen LogP contribution in [0.25, 0.3) is 0 Å².